The van der Waals surface area contributed by atoms with Gasteiger partial charge in [-0.25, -0.2) is 0 Å². The molecule has 0 aromatic rings. The Labute approximate surface area is 48.0 Å². The van der Waals surface area contributed by atoms with Crippen LogP contribution in [0.5, 0.6) is 0 Å². The second-order valence-electron chi connectivity index (χ2n) is 1.43. The van der Waals surface area contributed by atoms with E-state index in [2.05, 4.69) is 17.9 Å². The minimum absolute atomic E-state index is 0.125. The van der Waals surface area contributed by atoms with Crippen molar-refractivity contribution < 1.29 is 4.74 Å². The van der Waals surface area contributed by atoms with Crippen LogP contribution in [0.3, 0.4) is 0 Å². The number of thiol groups is 1. The zero-order valence-electron chi connectivity index (χ0n) is 4.01. The summed E-state index contributed by atoms with van der Waals surface area (Å²) in [6, 6.07) is 0. The van der Waals surface area contributed by atoms with Gasteiger partial charge in [0.25, 0.3) is 0 Å². The Bertz CT molecular complexity index is 102. The van der Waals surface area contributed by atoms with E-state index in [-0.39, 0.29) is 5.56 Å². The molecule has 1 aliphatic heterocycles. The molecule has 7 heavy (non-hydrogen) atoms. The molecule has 0 saturated heterocycles. The van der Waals surface area contributed by atoms with Gasteiger partial charge in [0.15, 0.2) is 0 Å². The largest absolute Gasteiger partial charge is 0.467 e. The lowest BCUT2D eigenvalue weighted by atomic mass is 10.6. The smallest absolute Gasteiger partial charge is 0.215 e. The third-order valence-corrected chi connectivity index (χ3v) is 0.976. The minimum atomic E-state index is -0.125. The van der Waals surface area contributed by atoms with Crippen LogP contribution < -0.4 is 5.32 Å². The van der Waals surface area contributed by atoms with Gasteiger partial charge in [0.1, 0.15) is 6.26 Å². The van der Waals surface area contributed by atoms with Crippen molar-refractivity contribution in [1.29, 1.82) is 0 Å². The van der Waals surface area contributed by atoms with Gasteiger partial charge in [0.05, 0.1) is 0 Å². The van der Waals surface area contributed by atoms with Crippen molar-refractivity contribution >= 4 is 12.6 Å². The van der Waals surface area contributed by atoms with E-state index in [0.29, 0.717) is 0 Å². The van der Waals surface area contributed by atoms with Gasteiger partial charge in [-0.2, -0.15) is 0 Å². The first-order valence-corrected chi connectivity index (χ1v) is 2.57. The molecule has 1 unspecified atom stereocenters. The average molecular weight is 117 g/mol. The standard InChI is InChI=1S/C4H7NOS/c1-3-2-6-4(7)5-3/h2,4-5,7H,1H3. The monoisotopic (exact) mass is 117 g/mol. The van der Waals surface area contributed by atoms with E-state index in [1.165, 1.54) is 0 Å². The summed E-state index contributed by atoms with van der Waals surface area (Å²) in [5.74, 6) is 0. The Balaban J connectivity index is 2.42. The van der Waals surface area contributed by atoms with Crippen molar-refractivity contribution in [3.63, 3.8) is 0 Å². The maximum Gasteiger partial charge on any atom is 0.215 e. The van der Waals surface area contributed by atoms with E-state index in [4.69, 9.17) is 4.74 Å². The first kappa shape index (κ1) is 4.84. The highest BCUT2D eigenvalue weighted by Gasteiger charge is 2.05. The molecule has 0 aromatic carbocycles. The van der Waals surface area contributed by atoms with Crippen LogP contribution >= 0.6 is 12.6 Å². The third kappa shape index (κ3) is 1.03. The zero-order valence-corrected chi connectivity index (χ0v) is 4.90. The quantitative estimate of drug-likeness (QED) is 0.455. The molecule has 0 bridgehead atoms. The van der Waals surface area contributed by atoms with E-state index in [1.54, 1.807) is 6.26 Å². The Morgan fingerprint density at radius 1 is 2.00 bits per heavy atom. The summed E-state index contributed by atoms with van der Waals surface area (Å²) in [5.41, 5.74) is 0.903. The second kappa shape index (κ2) is 1.66. The molecule has 1 rings (SSSR count). The van der Waals surface area contributed by atoms with Gasteiger partial charge in [-0.05, 0) is 6.92 Å². The summed E-state index contributed by atoms with van der Waals surface area (Å²) in [7, 11) is 0. The minimum Gasteiger partial charge on any atom is -0.467 e. The van der Waals surface area contributed by atoms with Gasteiger partial charge in [0, 0.05) is 5.70 Å². The molecule has 2 nitrogen and oxygen atoms in total. The number of nitrogens with one attached hydrogen (secondary N) is 1. The highest BCUT2D eigenvalue weighted by atomic mass is 32.1. The molecule has 0 spiro atoms. The average Bonchev–Trinajstić information content (AvgIpc) is 1.87. The molecule has 0 aliphatic carbocycles. The number of hydrogen-bond donors (Lipinski definition) is 2. The van der Waals surface area contributed by atoms with E-state index < -0.39 is 0 Å². The first-order valence-electron chi connectivity index (χ1n) is 2.06. The molecule has 40 valence electrons. The molecule has 0 amide bonds. The summed E-state index contributed by atoms with van der Waals surface area (Å²) >= 11 is 3.97. The molecule has 1 atom stereocenters. The van der Waals surface area contributed by atoms with E-state index >= 15 is 0 Å². The molecule has 0 saturated carbocycles. The van der Waals surface area contributed by atoms with E-state index in [1.807, 2.05) is 6.92 Å². The molecule has 0 aromatic heterocycles. The fourth-order valence-corrected chi connectivity index (χ4v) is 0.694. The predicted molar refractivity (Wildman–Crippen MR) is 30.8 cm³/mol. The lowest BCUT2D eigenvalue weighted by Gasteiger charge is -2.00. The fourth-order valence-electron chi connectivity index (χ4n) is 0.429. The van der Waals surface area contributed by atoms with Crippen LogP contribution in [-0.4, -0.2) is 5.56 Å². The van der Waals surface area contributed by atoms with Crippen molar-refractivity contribution in [3.8, 4) is 0 Å². The van der Waals surface area contributed by atoms with Crippen LogP contribution in [0.4, 0.5) is 0 Å². The number of allylic oxidation sites excluding steroid dienone is 1. The number of hydrogen-bond acceptors (Lipinski definition) is 3. The fraction of sp³-hybridized carbons (Fsp3) is 0.500. The van der Waals surface area contributed by atoms with Gasteiger partial charge < -0.3 is 10.1 Å². The summed E-state index contributed by atoms with van der Waals surface area (Å²) < 4.78 is 4.86. The molecular formula is C4H7NOS. The van der Waals surface area contributed by atoms with Crippen molar-refractivity contribution in [3.05, 3.63) is 12.0 Å². The van der Waals surface area contributed by atoms with Crippen LogP contribution in [0.15, 0.2) is 12.0 Å². The van der Waals surface area contributed by atoms with Gasteiger partial charge in [-0.1, -0.05) is 0 Å². The topological polar surface area (TPSA) is 21.3 Å². The molecule has 0 fully saturated rings. The van der Waals surface area contributed by atoms with Gasteiger partial charge in [-0.15, -0.1) is 12.6 Å². The lowest BCUT2D eigenvalue weighted by molar-refractivity contribution is 0.236. The Morgan fingerprint density at radius 3 is 2.86 bits per heavy atom. The molecule has 1 aliphatic rings. The van der Waals surface area contributed by atoms with Gasteiger partial charge >= 0.3 is 0 Å². The zero-order chi connectivity index (χ0) is 5.28. The normalized spacial score (nSPS) is 28.3. The molecule has 0 radical (unpaired) electrons. The Kier molecular flexibility index (Phi) is 1.15. The summed E-state index contributed by atoms with van der Waals surface area (Å²) in [6.45, 7) is 1.93. The second-order valence-corrected chi connectivity index (χ2v) is 1.90. The third-order valence-electron chi connectivity index (χ3n) is 0.725. The van der Waals surface area contributed by atoms with Crippen LogP contribution in [0, 0.1) is 0 Å². The summed E-state index contributed by atoms with van der Waals surface area (Å²) in [6.07, 6.45) is 1.65. The molecule has 1 N–H and O–H groups in total. The number of rotatable bonds is 0. The SMILES string of the molecule is CC1=COC(S)N1. The Hall–Kier alpha value is -0.310. The number of ether oxygens (including phenoxy) is 1. The summed E-state index contributed by atoms with van der Waals surface area (Å²) in [4.78, 5) is 0. The first-order chi connectivity index (χ1) is 3.29. The summed E-state index contributed by atoms with van der Waals surface area (Å²) in [5, 5.41) is 2.92. The lowest BCUT2D eigenvalue weighted by Crippen LogP contribution is -2.15. The van der Waals surface area contributed by atoms with Crippen LogP contribution in [0.1, 0.15) is 6.92 Å². The van der Waals surface area contributed by atoms with E-state index in [9.17, 15) is 0 Å². The van der Waals surface area contributed by atoms with Crippen molar-refractivity contribution in [2.75, 3.05) is 0 Å². The van der Waals surface area contributed by atoms with Crippen molar-refractivity contribution in [2.24, 2.45) is 0 Å². The highest BCUT2D eigenvalue weighted by molar-refractivity contribution is 7.80. The molecular weight excluding hydrogens is 110 g/mol. The van der Waals surface area contributed by atoms with Crippen LogP contribution in [-0.2, 0) is 4.74 Å². The van der Waals surface area contributed by atoms with Crippen LogP contribution in [0.25, 0.3) is 0 Å². The highest BCUT2D eigenvalue weighted by Crippen LogP contribution is 2.05. The van der Waals surface area contributed by atoms with E-state index in [0.717, 1.165) is 5.70 Å². The Morgan fingerprint density at radius 2 is 2.71 bits per heavy atom. The van der Waals surface area contributed by atoms with Gasteiger partial charge in [0.2, 0.25) is 5.56 Å². The maximum atomic E-state index is 4.86. The predicted octanol–water partition coefficient (Wildman–Crippen LogP) is 0.681. The van der Waals surface area contributed by atoms with Crippen molar-refractivity contribution in [2.45, 2.75) is 12.5 Å². The van der Waals surface area contributed by atoms with Crippen molar-refractivity contribution in [1.82, 2.24) is 5.32 Å². The van der Waals surface area contributed by atoms with Crippen LogP contribution in [0.2, 0.25) is 0 Å². The van der Waals surface area contributed by atoms with Gasteiger partial charge in [-0.3, -0.25) is 0 Å². The molecule has 1 heterocycles. The maximum absolute atomic E-state index is 4.86. The molecule has 3 heteroatoms.